The molecule has 0 heterocycles. The van der Waals surface area contributed by atoms with Crippen LogP contribution in [0.2, 0.25) is 0 Å². The van der Waals surface area contributed by atoms with E-state index in [0.29, 0.717) is 0 Å². The van der Waals surface area contributed by atoms with Gasteiger partial charge in [-0.3, -0.25) is 4.79 Å². The van der Waals surface area contributed by atoms with Gasteiger partial charge >= 0.3 is 38.7 Å². The molecule has 1 unspecified atom stereocenters. The molecule has 0 aromatic heterocycles. The summed E-state index contributed by atoms with van der Waals surface area (Å²) in [6.07, 6.45) is 0.117. The topological polar surface area (TPSA) is 52.6 Å². The minimum Gasteiger partial charge on any atom is -0.470 e. The number of carbonyl (C=O) groups excluding carboxylic acids is 2. The Morgan fingerprint density at radius 2 is 1.80 bits per heavy atom. The van der Waals surface area contributed by atoms with Gasteiger partial charge in [-0.25, -0.2) is 4.79 Å². The van der Waals surface area contributed by atoms with E-state index in [4.69, 9.17) is 0 Å². The number of carbonyl (C=O) groups is 2. The number of ether oxygens (including phenoxy) is 2. The summed E-state index contributed by atoms with van der Waals surface area (Å²) in [5.74, 6) is -1.02. The van der Waals surface area contributed by atoms with E-state index in [9.17, 15) is 9.59 Å². The molecule has 1 atom stereocenters. The second-order valence-corrected chi connectivity index (χ2v) is 3.32. The van der Waals surface area contributed by atoms with Crippen LogP contribution in [0, 0.1) is 12.3 Å². The fourth-order valence-electron chi connectivity index (χ4n) is 1.01. The fourth-order valence-corrected chi connectivity index (χ4v) is 1.01. The van der Waals surface area contributed by atoms with Gasteiger partial charge in [-0.15, -0.1) is 0 Å². The molecule has 0 spiro atoms. The van der Waals surface area contributed by atoms with Crippen LogP contribution in [-0.2, 0) is 51.8 Å². The molecule has 0 saturated carbocycles. The monoisotopic (exact) mass is 288 g/mol. The van der Waals surface area contributed by atoms with Crippen molar-refractivity contribution in [3.05, 3.63) is 19.1 Å². The van der Waals surface area contributed by atoms with Crippen molar-refractivity contribution in [1.29, 1.82) is 0 Å². The molecular formula is C10H15O4Y+2. The van der Waals surface area contributed by atoms with Crippen LogP contribution in [0.25, 0.3) is 0 Å². The number of esters is 2. The molecule has 0 amide bonds. The van der Waals surface area contributed by atoms with Gasteiger partial charge < -0.3 is 16.4 Å². The third kappa shape index (κ3) is 5.42. The van der Waals surface area contributed by atoms with Crippen LogP contribution < -0.4 is 0 Å². The Labute approximate surface area is 115 Å². The molecule has 80 valence electrons. The van der Waals surface area contributed by atoms with Crippen LogP contribution in [0.4, 0.5) is 0 Å². The molecule has 5 heteroatoms. The van der Waals surface area contributed by atoms with Crippen molar-refractivity contribution in [1.82, 2.24) is 0 Å². The minimum absolute atomic E-state index is 0. The molecule has 0 radical (unpaired) electrons. The number of rotatable bonds is 4. The summed E-state index contributed by atoms with van der Waals surface area (Å²) >= 11 is 0. The van der Waals surface area contributed by atoms with Crippen molar-refractivity contribution in [3.63, 3.8) is 0 Å². The number of methoxy groups -OCH3 is 2. The van der Waals surface area contributed by atoms with Crippen LogP contribution in [0.15, 0.2) is 12.2 Å². The molecule has 0 aliphatic carbocycles. The summed E-state index contributed by atoms with van der Waals surface area (Å²) in [5.41, 5.74) is -0.796. The first-order chi connectivity index (χ1) is 6.35. The smallest absolute Gasteiger partial charge is 0.470 e. The Morgan fingerprint density at radius 1 is 1.33 bits per heavy atom. The van der Waals surface area contributed by atoms with Gasteiger partial charge in [0.25, 0.3) is 5.97 Å². The predicted octanol–water partition coefficient (Wildman–Crippen LogP) is 1.12. The summed E-state index contributed by atoms with van der Waals surface area (Å²) in [6.45, 7) is 8.74. The maximum absolute atomic E-state index is 11.2. The molecular weight excluding hydrogens is 273 g/mol. The van der Waals surface area contributed by atoms with Crippen LogP contribution in [0.5, 0.6) is 0 Å². The summed E-state index contributed by atoms with van der Waals surface area (Å²) in [6, 6.07) is 0. The van der Waals surface area contributed by atoms with Crippen LogP contribution in [-0.4, -0.2) is 26.2 Å². The van der Waals surface area contributed by atoms with Gasteiger partial charge in [-0.1, -0.05) is 18.9 Å². The largest absolute Gasteiger partial charge is 3.00 e. The van der Waals surface area contributed by atoms with E-state index in [1.165, 1.54) is 14.2 Å². The van der Waals surface area contributed by atoms with Crippen molar-refractivity contribution < 1.29 is 51.8 Å². The zero-order valence-electron chi connectivity index (χ0n) is 9.33. The number of hydrogen-bond donors (Lipinski definition) is 0. The van der Waals surface area contributed by atoms with Gasteiger partial charge in [0.1, 0.15) is 0 Å². The van der Waals surface area contributed by atoms with E-state index < -0.39 is 17.4 Å². The Balaban J connectivity index is 0. The Morgan fingerprint density at radius 3 is 2.13 bits per heavy atom. The summed E-state index contributed by atoms with van der Waals surface area (Å²) < 4.78 is 8.99. The first kappa shape index (κ1) is 17.2. The third-order valence-corrected chi connectivity index (χ3v) is 1.76. The van der Waals surface area contributed by atoms with Crippen molar-refractivity contribution in [2.45, 2.75) is 13.3 Å². The molecule has 0 aliphatic heterocycles. The zero-order valence-corrected chi connectivity index (χ0v) is 12.2. The van der Waals surface area contributed by atoms with E-state index in [0.717, 1.165) is 0 Å². The molecule has 0 bridgehead atoms. The fraction of sp³-hybridized carbons (Fsp3) is 0.500. The quantitative estimate of drug-likeness (QED) is 0.442. The maximum atomic E-state index is 11.2. The summed E-state index contributed by atoms with van der Waals surface area (Å²) in [5, 5.41) is 0. The molecule has 0 N–H and O–H groups in total. The average Bonchev–Trinajstić information content (AvgIpc) is 2.14. The first-order valence-corrected chi connectivity index (χ1v) is 4.05. The Kier molecular flexibility index (Phi) is 8.16. The molecule has 0 aliphatic rings. The SMILES string of the molecule is C=C(CC([CH2-])(C)C(=O)OC)C(=O)OC.[Y+3]. The standard InChI is InChI=1S/C10H15O4.Y/c1-7(8(11)13-4)6-10(2,3)9(12)14-5;/h1-2,6H2,3-5H3;/q-1;+3. The van der Waals surface area contributed by atoms with Crippen molar-refractivity contribution in [2.24, 2.45) is 5.41 Å². The molecule has 0 fully saturated rings. The van der Waals surface area contributed by atoms with Crippen molar-refractivity contribution in [3.8, 4) is 0 Å². The van der Waals surface area contributed by atoms with Gasteiger partial charge in [0.15, 0.2) is 0 Å². The Bertz CT molecular complexity index is 258. The molecule has 0 aromatic rings. The van der Waals surface area contributed by atoms with Gasteiger partial charge in [0, 0.05) is 5.57 Å². The van der Waals surface area contributed by atoms with Crippen LogP contribution in [0.3, 0.4) is 0 Å². The maximum Gasteiger partial charge on any atom is 3.00 e. The second-order valence-electron chi connectivity index (χ2n) is 3.32. The zero-order chi connectivity index (χ0) is 11.4. The van der Waals surface area contributed by atoms with Gasteiger partial charge in [0.2, 0.25) is 0 Å². The Hall–Kier alpha value is -0.216. The molecule has 4 nitrogen and oxygen atoms in total. The second kappa shape index (κ2) is 7.12. The molecule has 0 rings (SSSR count). The first-order valence-electron chi connectivity index (χ1n) is 4.05. The summed E-state index contributed by atoms with van der Waals surface area (Å²) in [4.78, 5) is 22.2. The molecule has 0 aromatic carbocycles. The number of hydrogen-bond acceptors (Lipinski definition) is 4. The van der Waals surface area contributed by atoms with E-state index in [2.05, 4.69) is 23.0 Å². The molecule has 15 heavy (non-hydrogen) atoms. The van der Waals surface area contributed by atoms with Crippen LogP contribution in [0.1, 0.15) is 13.3 Å². The summed E-state index contributed by atoms with van der Waals surface area (Å²) in [7, 11) is 2.53. The van der Waals surface area contributed by atoms with E-state index in [-0.39, 0.29) is 44.7 Å². The van der Waals surface area contributed by atoms with Crippen molar-refractivity contribution in [2.75, 3.05) is 14.2 Å². The van der Waals surface area contributed by atoms with E-state index in [1.54, 1.807) is 6.92 Å². The normalized spacial score (nSPS) is 13.1. The minimum atomic E-state index is -1.000. The van der Waals surface area contributed by atoms with Crippen LogP contribution >= 0.6 is 0 Å². The van der Waals surface area contributed by atoms with E-state index >= 15 is 0 Å². The van der Waals surface area contributed by atoms with Crippen molar-refractivity contribution >= 4 is 11.9 Å². The predicted molar refractivity (Wildman–Crippen MR) is 51.3 cm³/mol. The van der Waals surface area contributed by atoms with Gasteiger partial charge in [0.05, 0.1) is 14.2 Å². The molecule has 0 saturated heterocycles. The van der Waals surface area contributed by atoms with Gasteiger partial charge in [-0.2, -0.15) is 0 Å². The van der Waals surface area contributed by atoms with E-state index in [1.807, 2.05) is 0 Å². The third-order valence-electron chi connectivity index (χ3n) is 1.76. The van der Waals surface area contributed by atoms with Gasteiger partial charge in [-0.05, 0) is 6.42 Å². The average molecular weight is 288 g/mol.